The van der Waals surface area contributed by atoms with E-state index in [2.05, 4.69) is 10.1 Å². The lowest BCUT2D eigenvalue weighted by Crippen LogP contribution is -2.25. The van der Waals surface area contributed by atoms with E-state index < -0.39 is 21.6 Å². The molecule has 0 amide bonds. The predicted molar refractivity (Wildman–Crippen MR) is 60.0 cm³/mol. The minimum absolute atomic E-state index is 0.0118. The number of carbonyl (C=O) groups excluding carboxylic acids is 1. The number of sulfone groups is 1. The van der Waals surface area contributed by atoms with Crippen LogP contribution in [0.25, 0.3) is 0 Å². The van der Waals surface area contributed by atoms with Crippen LogP contribution in [-0.4, -0.2) is 59.8 Å². The predicted octanol–water partition coefficient (Wildman–Crippen LogP) is -0.800. The molecular weight excluding hydrogens is 234 g/mol. The van der Waals surface area contributed by atoms with Crippen LogP contribution in [0.1, 0.15) is 6.42 Å². The Morgan fingerprint density at radius 2 is 1.94 bits per heavy atom. The number of nitrogens with one attached hydrogen (secondary N) is 1. The van der Waals surface area contributed by atoms with E-state index in [4.69, 9.17) is 4.74 Å². The lowest BCUT2D eigenvalue weighted by molar-refractivity contribution is -0.137. The Morgan fingerprint density at radius 3 is 2.50 bits per heavy atom. The first-order valence-electron chi connectivity index (χ1n) is 4.98. The number of esters is 1. The highest BCUT2D eigenvalue weighted by molar-refractivity contribution is 7.92. The summed E-state index contributed by atoms with van der Waals surface area (Å²) >= 11 is 0. The molecule has 0 radical (unpaired) electrons. The number of hydrogen-bond donors (Lipinski definition) is 1. The van der Waals surface area contributed by atoms with Crippen molar-refractivity contribution in [2.75, 3.05) is 45.4 Å². The van der Waals surface area contributed by atoms with Crippen LogP contribution in [0.3, 0.4) is 0 Å². The monoisotopic (exact) mass is 253 g/mol. The van der Waals surface area contributed by atoms with Crippen LogP contribution in [0.15, 0.2) is 0 Å². The maximum atomic E-state index is 11.3. The molecule has 0 aromatic carbocycles. The van der Waals surface area contributed by atoms with E-state index in [0.29, 0.717) is 26.1 Å². The summed E-state index contributed by atoms with van der Waals surface area (Å²) in [5.41, 5.74) is 0. The zero-order chi connectivity index (χ0) is 12.4. The molecule has 16 heavy (non-hydrogen) atoms. The van der Waals surface area contributed by atoms with E-state index in [1.807, 2.05) is 0 Å². The number of ether oxygens (including phenoxy) is 2. The highest BCUT2D eigenvalue weighted by Gasteiger charge is 2.16. The molecule has 0 heterocycles. The number of hydrogen-bond acceptors (Lipinski definition) is 6. The lowest BCUT2D eigenvalue weighted by Gasteiger charge is -2.04. The van der Waals surface area contributed by atoms with Crippen molar-refractivity contribution in [3.63, 3.8) is 0 Å². The number of rotatable bonds is 9. The van der Waals surface area contributed by atoms with Gasteiger partial charge in [-0.3, -0.25) is 4.79 Å². The van der Waals surface area contributed by atoms with Gasteiger partial charge in [-0.05, 0) is 13.0 Å². The average molecular weight is 253 g/mol. The first kappa shape index (κ1) is 15.3. The molecule has 0 aliphatic carbocycles. The molecule has 0 unspecified atom stereocenters. The molecule has 0 aliphatic heterocycles. The van der Waals surface area contributed by atoms with Crippen LogP contribution in [0.2, 0.25) is 0 Å². The van der Waals surface area contributed by atoms with Crippen molar-refractivity contribution >= 4 is 15.8 Å². The molecule has 0 rings (SSSR count). The van der Waals surface area contributed by atoms with Crippen LogP contribution in [0.4, 0.5) is 0 Å². The average Bonchev–Trinajstić information content (AvgIpc) is 2.22. The Balaban J connectivity index is 3.63. The van der Waals surface area contributed by atoms with Gasteiger partial charge >= 0.3 is 5.97 Å². The fraction of sp³-hybridized carbons (Fsp3) is 0.889. The van der Waals surface area contributed by atoms with E-state index in [1.165, 1.54) is 7.11 Å². The maximum Gasteiger partial charge on any atom is 0.320 e. The minimum atomic E-state index is -3.33. The second-order valence-electron chi connectivity index (χ2n) is 3.26. The number of carbonyl (C=O) groups is 1. The van der Waals surface area contributed by atoms with Gasteiger partial charge in [0.1, 0.15) is 5.75 Å². The minimum Gasteiger partial charge on any atom is -0.468 e. The van der Waals surface area contributed by atoms with Crippen molar-refractivity contribution in [2.45, 2.75) is 6.42 Å². The summed E-state index contributed by atoms with van der Waals surface area (Å²) in [6.07, 6.45) is 0.475. The third-order valence-electron chi connectivity index (χ3n) is 1.86. The highest BCUT2D eigenvalue weighted by Crippen LogP contribution is 1.94. The highest BCUT2D eigenvalue weighted by atomic mass is 32.2. The molecule has 0 aromatic rings. The summed E-state index contributed by atoms with van der Waals surface area (Å²) in [4.78, 5) is 10.8. The van der Waals surface area contributed by atoms with Gasteiger partial charge in [0, 0.05) is 13.7 Å². The molecule has 0 atom stereocenters. The molecule has 0 aliphatic rings. The molecule has 7 heteroatoms. The molecular formula is C9H19NO5S. The van der Waals surface area contributed by atoms with Crippen molar-refractivity contribution in [1.29, 1.82) is 0 Å². The second kappa shape index (κ2) is 8.49. The fourth-order valence-electron chi connectivity index (χ4n) is 1.03. The SMILES string of the molecule is COCCNCCCS(=O)(=O)CC(=O)OC. The normalized spacial score (nSPS) is 11.4. The van der Waals surface area contributed by atoms with Crippen LogP contribution < -0.4 is 5.32 Å². The van der Waals surface area contributed by atoms with Gasteiger partial charge in [-0.2, -0.15) is 0 Å². The standard InChI is InChI=1S/C9H19NO5S/c1-14-6-5-10-4-3-7-16(12,13)8-9(11)15-2/h10H,3-8H2,1-2H3. The zero-order valence-corrected chi connectivity index (χ0v) is 10.5. The Kier molecular flexibility index (Phi) is 8.14. The van der Waals surface area contributed by atoms with Gasteiger partial charge in [0.25, 0.3) is 0 Å². The van der Waals surface area contributed by atoms with Gasteiger partial charge in [0.05, 0.1) is 19.5 Å². The van der Waals surface area contributed by atoms with Crippen LogP contribution >= 0.6 is 0 Å². The summed E-state index contributed by atoms with van der Waals surface area (Å²) in [5, 5.41) is 3.02. The van der Waals surface area contributed by atoms with Crippen LogP contribution in [0, 0.1) is 0 Å². The van der Waals surface area contributed by atoms with Gasteiger partial charge in [-0.25, -0.2) is 8.42 Å². The van der Waals surface area contributed by atoms with E-state index in [0.717, 1.165) is 0 Å². The van der Waals surface area contributed by atoms with E-state index in [1.54, 1.807) is 7.11 Å². The number of methoxy groups -OCH3 is 2. The molecule has 0 aromatic heterocycles. The Labute approximate surface area is 96.2 Å². The van der Waals surface area contributed by atoms with Crippen molar-refractivity contribution < 1.29 is 22.7 Å². The third kappa shape index (κ3) is 8.63. The molecule has 1 N–H and O–H groups in total. The van der Waals surface area contributed by atoms with Gasteiger partial charge in [0.15, 0.2) is 9.84 Å². The maximum absolute atomic E-state index is 11.3. The largest absolute Gasteiger partial charge is 0.468 e. The van der Waals surface area contributed by atoms with Crippen LogP contribution in [-0.2, 0) is 24.1 Å². The Morgan fingerprint density at radius 1 is 1.25 bits per heavy atom. The van der Waals surface area contributed by atoms with Gasteiger partial charge in [-0.15, -0.1) is 0 Å². The molecule has 0 bridgehead atoms. The van der Waals surface area contributed by atoms with E-state index in [-0.39, 0.29) is 5.75 Å². The van der Waals surface area contributed by atoms with Gasteiger partial charge < -0.3 is 14.8 Å². The first-order valence-corrected chi connectivity index (χ1v) is 6.81. The van der Waals surface area contributed by atoms with Crippen molar-refractivity contribution in [2.24, 2.45) is 0 Å². The van der Waals surface area contributed by atoms with Crippen molar-refractivity contribution in [1.82, 2.24) is 5.32 Å². The van der Waals surface area contributed by atoms with Crippen molar-refractivity contribution in [3.05, 3.63) is 0 Å². The zero-order valence-electron chi connectivity index (χ0n) is 9.69. The van der Waals surface area contributed by atoms with Crippen molar-refractivity contribution in [3.8, 4) is 0 Å². The molecule has 0 saturated carbocycles. The van der Waals surface area contributed by atoms with E-state index in [9.17, 15) is 13.2 Å². The molecule has 6 nitrogen and oxygen atoms in total. The first-order chi connectivity index (χ1) is 7.52. The Bertz CT molecular complexity index is 288. The summed E-state index contributed by atoms with van der Waals surface area (Å²) < 4.78 is 31.8. The van der Waals surface area contributed by atoms with Gasteiger partial charge in [-0.1, -0.05) is 0 Å². The fourth-order valence-corrected chi connectivity index (χ4v) is 2.23. The van der Waals surface area contributed by atoms with E-state index >= 15 is 0 Å². The smallest absolute Gasteiger partial charge is 0.320 e. The molecule has 0 spiro atoms. The van der Waals surface area contributed by atoms with Crippen LogP contribution in [0.5, 0.6) is 0 Å². The summed E-state index contributed by atoms with van der Waals surface area (Å²) in [6.45, 7) is 1.87. The summed E-state index contributed by atoms with van der Waals surface area (Å²) in [7, 11) is -0.561. The summed E-state index contributed by atoms with van der Waals surface area (Å²) in [5.74, 6) is -1.27. The molecule has 0 fully saturated rings. The lowest BCUT2D eigenvalue weighted by atomic mass is 10.5. The second-order valence-corrected chi connectivity index (χ2v) is 5.45. The van der Waals surface area contributed by atoms with Gasteiger partial charge in [0.2, 0.25) is 0 Å². The molecule has 96 valence electrons. The quantitative estimate of drug-likeness (QED) is 0.428. The topological polar surface area (TPSA) is 81.7 Å². The summed E-state index contributed by atoms with van der Waals surface area (Å²) in [6, 6.07) is 0. The third-order valence-corrected chi connectivity index (χ3v) is 3.44. The molecule has 0 saturated heterocycles. The Hall–Kier alpha value is -0.660.